The zero-order valence-electron chi connectivity index (χ0n) is 10.7. The number of nitrogens with zero attached hydrogens (tertiary/aromatic N) is 1. The number of methoxy groups -OCH3 is 1. The summed E-state index contributed by atoms with van der Waals surface area (Å²) in [4.78, 5) is 3.63. The maximum Gasteiger partial charge on any atom is 0.0931 e. The van der Waals surface area contributed by atoms with Crippen LogP contribution in [0.1, 0.15) is 11.8 Å². The van der Waals surface area contributed by atoms with Crippen LogP contribution in [0.15, 0.2) is 12.1 Å². The van der Waals surface area contributed by atoms with E-state index in [0.717, 1.165) is 30.6 Å². The summed E-state index contributed by atoms with van der Waals surface area (Å²) in [5.74, 6) is 0. The Bertz CT molecular complexity index is 319. The van der Waals surface area contributed by atoms with E-state index < -0.39 is 0 Å². The van der Waals surface area contributed by atoms with Crippen molar-refractivity contribution in [1.29, 1.82) is 0 Å². The van der Waals surface area contributed by atoms with Gasteiger partial charge in [0.2, 0.25) is 0 Å². The SMILES string of the molecule is COCCNCC(C)N(C)Cc1ccc(Cl)s1. The molecule has 0 fully saturated rings. The number of likely N-dealkylation sites (N-methyl/N-ethyl adjacent to an activating group) is 1. The minimum atomic E-state index is 0.493. The molecule has 1 rings (SSSR count). The Morgan fingerprint density at radius 3 is 2.88 bits per heavy atom. The lowest BCUT2D eigenvalue weighted by molar-refractivity contribution is 0.191. The van der Waals surface area contributed by atoms with Gasteiger partial charge >= 0.3 is 0 Å². The number of thiophene rings is 1. The molecule has 1 unspecified atom stereocenters. The number of rotatable bonds is 8. The van der Waals surface area contributed by atoms with E-state index in [-0.39, 0.29) is 0 Å². The Morgan fingerprint density at radius 2 is 2.29 bits per heavy atom. The Labute approximate surface area is 113 Å². The first-order chi connectivity index (χ1) is 8.13. The summed E-state index contributed by atoms with van der Waals surface area (Å²) in [5.41, 5.74) is 0. The first kappa shape index (κ1) is 14.9. The van der Waals surface area contributed by atoms with E-state index in [0.29, 0.717) is 6.04 Å². The summed E-state index contributed by atoms with van der Waals surface area (Å²) in [6, 6.07) is 4.54. The zero-order valence-corrected chi connectivity index (χ0v) is 12.3. The van der Waals surface area contributed by atoms with Crippen LogP contribution < -0.4 is 5.32 Å². The van der Waals surface area contributed by atoms with E-state index in [4.69, 9.17) is 16.3 Å². The first-order valence-electron chi connectivity index (χ1n) is 5.77. The molecule has 1 aromatic heterocycles. The van der Waals surface area contributed by atoms with Crippen molar-refractivity contribution in [2.45, 2.75) is 19.5 Å². The average molecular weight is 277 g/mol. The van der Waals surface area contributed by atoms with Crippen molar-refractivity contribution in [1.82, 2.24) is 10.2 Å². The molecule has 1 atom stereocenters. The lowest BCUT2D eigenvalue weighted by atomic mass is 10.3. The molecule has 3 nitrogen and oxygen atoms in total. The molecule has 0 bridgehead atoms. The van der Waals surface area contributed by atoms with Crippen molar-refractivity contribution in [3.8, 4) is 0 Å². The van der Waals surface area contributed by atoms with Crippen LogP contribution in [-0.4, -0.2) is 44.8 Å². The van der Waals surface area contributed by atoms with E-state index in [1.54, 1.807) is 18.4 Å². The highest BCUT2D eigenvalue weighted by Crippen LogP contribution is 2.22. The van der Waals surface area contributed by atoms with Crippen LogP contribution in [0.5, 0.6) is 0 Å². The van der Waals surface area contributed by atoms with Gasteiger partial charge in [0.25, 0.3) is 0 Å². The lowest BCUT2D eigenvalue weighted by Gasteiger charge is -2.24. The summed E-state index contributed by atoms with van der Waals surface area (Å²) in [5, 5.41) is 3.37. The van der Waals surface area contributed by atoms with Gasteiger partial charge in [0.05, 0.1) is 10.9 Å². The van der Waals surface area contributed by atoms with Gasteiger partial charge in [-0.1, -0.05) is 11.6 Å². The Balaban J connectivity index is 2.24. The number of nitrogens with one attached hydrogen (secondary N) is 1. The van der Waals surface area contributed by atoms with E-state index in [9.17, 15) is 0 Å². The molecule has 1 N–H and O–H groups in total. The summed E-state index contributed by atoms with van der Waals surface area (Å²) in [6.07, 6.45) is 0. The van der Waals surface area contributed by atoms with Gasteiger partial charge in [0.15, 0.2) is 0 Å². The maximum atomic E-state index is 5.92. The molecule has 0 saturated heterocycles. The van der Waals surface area contributed by atoms with Gasteiger partial charge in [-0.3, -0.25) is 4.90 Å². The molecule has 1 aromatic rings. The molecule has 0 aromatic carbocycles. The first-order valence-corrected chi connectivity index (χ1v) is 6.97. The minimum Gasteiger partial charge on any atom is -0.383 e. The fraction of sp³-hybridized carbons (Fsp3) is 0.667. The normalized spacial score (nSPS) is 13.2. The van der Waals surface area contributed by atoms with Crippen LogP contribution in [0.4, 0.5) is 0 Å². The molecule has 98 valence electrons. The van der Waals surface area contributed by atoms with Gasteiger partial charge in [-0.25, -0.2) is 0 Å². The molecule has 0 saturated carbocycles. The standard InChI is InChI=1S/C12H21ClN2OS/c1-10(8-14-6-7-16-3)15(2)9-11-4-5-12(13)17-11/h4-5,10,14H,6-9H2,1-3H3. The van der Waals surface area contributed by atoms with Crippen molar-refractivity contribution < 1.29 is 4.74 Å². The third-order valence-electron chi connectivity index (χ3n) is 2.71. The minimum absolute atomic E-state index is 0.493. The monoisotopic (exact) mass is 276 g/mol. The van der Waals surface area contributed by atoms with E-state index in [1.807, 2.05) is 6.07 Å². The van der Waals surface area contributed by atoms with E-state index in [2.05, 4.69) is 30.3 Å². The predicted molar refractivity (Wildman–Crippen MR) is 75.0 cm³/mol. The fourth-order valence-corrected chi connectivity index (χ4v) is 2.63. The number of hydrogen-bond donors (Lipinski definition) is 1. The molecular weight excluding hydrogens is 256 g/mol. The van der Waals surface area contributed by atoms with Crippen molar-refractivity contribution in [3.05, 3.63) is 21.3 Å². The van der Waals surface area contributed by atoms with E-state index >= 15 is 0 Å². The number of halogens is 1. The Kier molecular flexibility index (Phi) is 7.08. The van der Waals surface area contributed by atoms with Crippen LogP contribution in [0, 0.1) is 0 Å². The molecule has 0 aliphatic heterocycles. The highest BCUT2D eigenvalue weighted by atomic mass is 35.5. The Hall–Kier alpha value is -0.130. The van der Waals surface area contributed by atoms with Crippen molar-refractivity contribution >= 4 is 22.9 Å². The molecule has 0 aliphatic rings. The topological polar surface area (TPSA) is 24.5 Å². The molecule has 1 heterocycles. The van der Waals surface area contributed by atoms with Crippen molar-refractivity contribution in [2.24, 2.45) is 0 Å². The largest absolute Gasteiger partial charge is 0.383 e. The summed E-state index contributed by atoms with van der Waals surface area (Å²) in [6.45, 7) is 5.80. The second-order valence-corrected chi connectivity index (χ2v) is 5.97. The fourth-order valence-electron chi connectivity index (χ4n) is 1.48. The predicted octanol–water partition coefficient (Wildman–Crippen LogP) is 2.46. The van der Waals surface area contributed by atoms with Gasteiger partial charge < -0.3 is 10.1 Å². The zero-order chi connectivity index (χ0) is 12.7. The maximum absolute atomic E-state index is 5.92. The molecule has 0 aliphatic carbocycles. The highest BCUT2D eigenvalue weighted by molar-refractivity contribution is 7.16. The molecule has 0 amide bonds. The van der Waals surface area contributed by atoms with Crippen molar-refractivity contribution in [2.75, 3.05) is 33.9 Å². The van der Waals surface area contributed by atoms with Crippen LogP contribution >= 0.6 is 22.9 Å². The van der Waals surface area contributed by atoms with Gasteiger partial charge in [0.1, 0.15) is 0 Å². The third kappa shape index (κ3) is 5.84. The Morgan fingerprint density at radius 1 is 1.53 bits per heavy atom. The molecule has 17 heavy (non-hydrogen) atoms. The molecule has 5 heteroatoms. The average Bonchev–Trinajstić information content (AvgIpc) is 2.70. The van der Waals surface area contributed by atoms with Crippen LogP contribution in [-0.2, 0) is 11.3 Å². The molecule has 0 spiro atoms. The molecular formula is C12H21ClN2OS. The smallest absolute Gasteiger partial charge is 0.0931 e. The lowest BCUT2D eigenvalue weighted by Crippen LogP contribution is -2.38. The van der Waals surface area contributed by atoms with E-state index in [1.165, 1.54) is 4.88 Å². The second kappa shape index (κ2) is 8.06. The summed E-state index contributed by atoms with van der Waals surface area (Å²) >= 11 is 7.56. The number of hydrogen-bond acceptors (Lipinski definition) is 4. The number of ether oxygens (including phenoxy) is 1. The van der Waals surface area contributed by atoms with Gasteiger partial charge in [-0.05, 0) is 26.1 Å². The van der Waals surface area contributed by atoms with Crippen LogP contribution in [0.3, 0.4) is 0 Å². The van der Waals surface area contributed by atoms with Crippen molar-refractivity contribution in [3.63, 3.8) is 0 Å². The third-order valence-corrected chi connectivity index (χ3v) is 3.93. The van der Waals surface area contributed by atoms with Crippen LogP contribution in [0.25, 0.3) is 0 Å². The van der Waals surface area contributed by atoms with Gasteiger partial charge in [0, 0.05) is 37.7 Å². The molecule has 0 radical (unpaired) electrons. The van der Waals surface area contributed by atoms with Gasteiger partial charge in [-0.15, -0.1) is 11.3 Å². The summed E-state index contributed by atoms with van der Waals surface area (Å²) in [7, 11) is 3.86. The van der Waals surface area contributed by atoms with Gasteiger partial charge in [-0.2, -0.15) is 0 Å². The van der Waals surface area contributed by atoms with Crippen LogP contribution in [0.2, 0.25) is 4.34 Å². The highest BCUT2D eigenvalue weighted by Gasteiger charge is 2.10. The second-order valence-electron chi connectivity index (χ2n) is 4.17. The summed E-state index contributed by atoms with van der Waals surface area (Å²) < 4.78 is 5.85. The quantitative estimate of drug-likeness (QED) is 0.738.